The van der Waals surface area contributed by atoms with Crippen molar-refractivity contribution in [3.05, 3.63) is 65.0 Å². The fourth-order valence-corrected chi connectivity index (χ4v) is 5.41. The minimum absolute atomic E-state index is 0.108. The van der Waals surface area contributed by atoms with Crippen LogP contribution in [0.1, 0.15) is 66.8 Å². The van der Waals surface area contributed by atoms with Crippen molar-refractivity contribution in [2.24, 2.45) is 17.8 Å². The van der Waals surface area contributed by atoms with Gasteiger partial charge in [0, 0.05) is 55.2 Å². The molecule has 0 N–H and O–H groups in total. The van der Waals surface area contributed by atoms with Crippen LogP contribution in [0.3, 0.4) is 0 Å². The monoisotopic (exact) mass is 417 g/mol. The molecule has 2 saturated heterocycles. The Morgan fingerprint density at radius 1 is 1.10 bits per heavy atom. The second kappa shape index (κ2) is 8.05. The number of likely N-dealkylation sites (tertiary alicyclic amines) is 1. The molecule has 163 valence electrons. The zero-order chi connectivity index (χ0) is 21.6. The maximum atomic E-state index is 13.0. The van der Waals surface area contributed by atoms with Crippen molar-refractivity contribution in [2.45, 2.75) is 51.4 Å². The molecule has 1 aliphatic carbocycles. The third-order valence-electron chi connectivity index (χ3n) is 7.49. The third-order valence-corrected chi connectivity index (χ3v) is 7.49. The van der Waals surface area contributed by atoms with E-state index in [1.165, 1.54) is 11.3 Å². The highest BCUT2D eigenvalue weighted by Crippen LogP contribution is 2.53. The van der Waals surface area contributed by atoms with E-state index in [9.17, 15) is 4.79 Å². The summed E-state index contributed by atoms with van der Waals surface area (Å²) in [5.74, 6) is 2.61. The molecule has 1 aromatic heterocycles. The molecule has 4 heteroatoms. The molecule has 4 nitrogen and oxygen atoms in total. The predicted octanol–water partition coefficient (Wildman–Crippen LogP) is 4.63. The lowest BCUT2D eigenvalue weighted by molar-refractivity contribution is 0.0767. The largest absolute Gasteiger partial charge is 0.381 e. The van der Waals surface area contributed by atoms with Crippen molar-refractivity contribution in [1.29, 1.82) is 0 Å². The molecular weight excluding hydrogens is 384 g/mol. The molecule has 2 aromatic rings. The molecule has 3 heterocycles. The molecule has 0 bridgehead atoms. The van der Waals surface area contributed by atoms with Gasteiger partial charge in [-0.15, -0.1) is 0 Å². The molecule has 1 aromatic carbocycles. The van der Waals surface area contributed by atoms with Gasteiger partial charge in [0.15, 0.2) is 0 Å². The summed E-state index contributed by atoms with van der Waals surface area (Å²) in [5, 5.41) is 0. The lowest BCUT2D eigenvalue weighted by Crippen LogP contribution is -2.31. The van der Waals surface area contributed by atoms with Crippen LogP contribution in [0.4, 0.5) is 0 Å². The Bertz CT molecular complexity index is 928. The lowest BCUT2D eigenvalue weighted by atomic mass is 9.86. The first-order valence-corrected chi connectivity index (χ1v) is 11.8. The van der Waals surface area contributed by atoms with Gasteiger partial charge in [-0.3, -0.25) is 9.78 Å². The number of rotatable bonds is 4. The molecule has 5 rings (SSSR count). The number of hydrogen-bond acceptors (Lipinski definition) is 3. The van der Waals surface area contributed by atoms with Crippen molar-refractivity contribution in [3.8, 4) is 0 Å². The van der Waals surface area contributed by atoms with E-state index in [4.69, 9.17) is 9.72 Å². The maximum absolute atomic E-state index is 13.0. The number of amides is 1. The van der Waals surface area contributed by atoms with E-state index in [2.05, 4.69) is 45.0 Å². The molecule has 2 atom stereocenters. The topological polar surface area (TPSA) is 42.4 Å². The van der Waals surface area contributed by atoms with E-state index in [1.54, 1.807) is 0 Å². The second-order valence-electron chi connectivity index (χ2n) is 10.6. The zero-order valence-electron chi connectivity index (χ0n) is 18.9. The average molecular weight is 418 g/mol. The smallest absolute Gasteiger partial charge is 0.253 e. The quantitative estimate of drug-likeness (QED) is 0.728. The first-order valence-electron chi connectivity index (χ1n) is 11.8. The SMILES string of the molecule is CC(C)(C)c1ccc(C(=O)N2CC3C(Cc4[c]ccc(C5CCOCC5)n4)C3C2)cc1. The Morgan fingerprint density at radius 2 is 1.77 bits per heavy atom. The maximum Gasteiger partial charge on any atom is 0.253 e. The first-order chi connectivity index (χ1) is 14.9. The number of carbonyl (C=O) groups is 1. The highest BCUT2D eigenvalue weighted by Gasteiger charge is 2.56. The highest BCUT2D eigenvalue weighted by molar-refractivity contribution is 5.94. The van der Waals surface area contributed by atoms with Crippen molar-refractivity contribution in [1.82, 2.24) is 9.88 Å². The Hall–Kier alpha value is -2.20. The van der Waals surface area contributed by atoms with Gasteiger partial charge in [0.05, 0.1) is 0 Å². The van der Waals surface area contributed by atoms with Crippen LogP contribution in [0.15, 0.2) is 36.4 Å². The number of carbonyl (C=O) groups excluding carboxylic acids is 1. The zero-order valence-corrected chi connectivity index (χ0v) is 18.9. The van der Waals surface area contributed by atoms with Gasteiger partial charge in [-0.25, -0.2) is 0 Å². The van der Waals surface area contributed by atoms with E-state index in [0.29, 0.717) is 23.7 Å². The van der Waals surface area contributed by atoms with Gasteiger partial charge in [0.25, 0.3) is 5.91 Å². The summed E-state index contributed by atoms with van der Waals surface area (Å²) in [5.41, 5.74) is 4.49. The summed E-state index contributed by atoms with van der Waals surface area (Å²) < 4.78 is 5.49. The number of ether oxygens (including phenoxy) is 1. The van der Waals surface area contributed by atoms with E-state index >= 15 is 0 Å². The van der Waals surface area contributed by atoms with Gasteiger partial charge >= 0.3 is 0 Å². The van der Waals surface area contributed by atoms with E-state index in [-0.39, 0.29) is 11.3 Å². The van der Waals surface area contributed by atoms with Crippen molar-refractivity contribution in [3.63, 3.8) is 0 Å². The van der Waals surface area contributed by atoms with Gasteiger partial charge in [-0.05, 0) is 66.2 Å². The van der Waals surface area contributed by atoms with Crippen LogP contribution in [-0.2, 0) is 16.6 Å². The Morgan fingerprint density at radius 3 is 2.42 bits per heavy atom. The number of hydrogen-bond donors (Lipinski definition) is 0. The van der Waals surface area contributed by atoms with Gasteiger partial charge in [0.2, 0.25) is 0 Å². The summed E-state index contributed by atoms with van der Waals surface area (Å²) in [6, 6.07) is 15.7. The predicted molar refractivity (Wildman–Crippen MR) is 121 cm³/mol. The van der Waals surface area contributed by atoms with Crippen LogP contribution < -0.4 is 0 Å². The van der Waals surface area contributed by atoms with Crippen molar-refractivity contribution < 1.29 is 9.53 Å². The summed E-state index contributed by atoms with van der Waals surface area (Å²) in [7, 11) is 0. The minimum atomic E-state index is 0.108. The molecule has 1 amide bonds. The van der Waals surface area contributed by atoms with Crippen molar-refractivity contribution >= 4 is 5.91 Å². The summed E-state index contributed by atoms with van der Waals surface area (Å²) in [6.45, 7) is 10.0. The molecule has 3 aliphatic rings. The fourth-order valence-electron chi connectivity index (χ4n) is 5.41. The van der Waals surface area contributed by atoms with Gasteiger partial charge in [0.1, 0.15) is 0 Å². The van der Waals surface area contributed by atoms with E-state index < -0.39 is 0 Å². The normalized spacial score (nSPS) is 26.0. The fraction of sp³-hybridized carbons (Fsp3) is 0.556. The van der Waals surface area contributed by atoms with Crippen LogP contribution >= 0.6 is 0 Å². The minimum Gasteiger partial charge on any atom is -0.381 e. The van der Waals surface area contributed by atoms with E-state index in [1.807, 2.05) is 23.1 Å². The summed E-state index contributed by atoms with van der Waals surface area (Å²) in [6.07, 6.45) is 3.13. The highest BCUT2D eigenvalue weighted by atomic mass is 16.5. The summed E-state index contributed by atoms with van der Waals surface area (Å²) in [4.78, 5) is 19.9. The van der Waals surface area contributed by atoms with Crippen LogP contribution in [0.2, 0.25) is 0 Å². The van der Waals surface area contributed by atoms with Gasteiger partial charge in [-0.2, -0.15) is 0 Å². The molecule has 2 aliphatic heterocycles. The number of fused-ring (bicyclic) bond motifs is 1. The Balaban J connectivity index is 1.17. The molecule has 1 radical (unpaired) electrons. The van der Waals surface area contributed by atoms with Crippen molar-refractivity contribution in [2.75, 3.05) is 26.3 Å². The van der Waals surface area contributed by atoms with Crippen LogP contribution in [-0.4, -0.2) is 42.1 Å². The third kappa shape index (κ3) is 4.27. The molecule has 31 heavy (non-hydrogen) atoms. The average Bonchev–Trinajstić information content (AvgIpc) is 3.20. The Labute approximate surface area is 186 Å². The summed E-state index contributed by atoms with van der Waals surface area (Å²) >= 11 is 0. The molecule has 0 spiro atoms. The number of aromatic nitrogens is 1. The number of benzene rings is 1. The molecule has 3 fully saturated rings. The number of pyridine rings is 1. The standard InChI is InChI=1S/C27H33N2O2/c1-27(2,3)20-9-7-19(8-10-20)26(30)29-16-23-22(24(23)17-29)15-21-5-4-6-25(28-21)18-11-13-31-14-12-18/h4,6-10,18,22-24H,11-17H2,1-3H3. The van der Waals surface area contributed by atoms with Crippen LogP contribution in [0.5, 0.6) is 0 Å². The van der Waals surface area contributed by atoms with Gasteiger partial charge < -0.3 is 9.64 Å². The second-order valence-corrected chi connectivity index (χ2v) is 10.6. The van der Waals surface area contributed by atoms with E-state index in [0.717, 1.165) is 56.8 Å². The molecule has 2 unspecified atom stereocenters. The molecule has 1 saturated carbocycles. The number of piperidine rings is 1. The van der Waals surface area contributed by atoms with Crippen LogP contribution in [0, 0.1) is 23.8 Å². The Kier molecular flexibility index (Phi) is 5.37. The van der Waals surface area contributed by atoms with Gasteiger partial charge in [-0.1, -0.05) is 39.0 Å². The lowest BCUT2D eigenvalue weighted by Gasteiger charge is -2.22. The first kappa shape index (κ1) is 20.7. The number of nitrogens with zero attached hydrogens (tertiary/aromatic N) is 2. The van der Waals surface area contributed by atoms with Crippen LogP contribution in [0.25, 0.3) is 0 Å². The molecular formula is C27H33N2O2.